The molecule has 16 heavy (non-hydrogen) atoms. The summed E-state index contributed by atoms with van der Waals surface area (Å²) in [5.41, 5.74) is 5.28. The minimum absolute atomic E-state index is 0.00831. The van der Waals surface area contributed by atoms with Gasteiger partial charge in [-0.05, 0) is 32.0 Å². The molecule has 2 rings (SSSR count). The van der Waals surface area contributed by atoms with Gasteiger partial charge in [-0.15, -0.1) is 0 Å². The molecule has 0 spiro atoms. The molecule has 0 aliphatic carbocycles. The van der Waals surface area contributed by atoms with Gasteiger partial charge in [-0.25, -0.2) is 8.42 Å². The molecule has 3 N–H and O–H groups in total. The first-order valence-electron chi connectivity index (χ1n) is 4.72. The van der Waals surface area contributed by atoms with Crippen LogP contribution in [0.25, 0.3) is 0 Å². The lowest BCUT2D eigenvalue weighted by Gasteiger charge is -2.31. The van der Waals surface area contributed by atoms with Crippen molar-refractivity contribution in [3.63, 3.8) is 0 Å². The average Bonchev–Trinajstić information content (AvgIpc) is 2.13. The molecule has 0 atom stereocenters. The van der Waals surface area contributed by atoms with E-state index in [1.54, 1.807) is 0 Å². The Morgan fingerprint density at radius 3 is 2.56 bits per heavy atom. The Hall–Kier alpha value is -1.56. The average molecular weight is 240 g/mol. The zero-order valence-corrected chi connectivity index (χ0v) is 9.76. The fraction of sp³-hybridized carbons (Fsp3) is 0.300. The topological polar surface area (TPSA) is 89.3 Å². The van der Waals surface area contributed by atoms with Crippen molar-refractivity contribution in [1.82, 2.24) is 0 Å². The second-order valence-corrected chi connectivity index (χ2v) is 6.11. The summed E-state index contributed by atoms with van der Waals surface area (Å²) in [6.07, 6.45) is 0. The van der Waals surface area contributed by atoms with Crippen LogP contribution in [0.3, 0.4) is 0 Å². The normalized spacial score (nSPS) is 21.0. The van der Waals surface area contributed by atoms with Crippen molar-refractivity contribution in [3.8, 4) is 0 Å². The number of carbonyl (C=O) groups is 1. The smallest absolute Gasteiger partial charge is 0.275 e. The van der Waals surface area contributed by atoms with Crippen LogP contribution >= 0.6 is 0 Å². The Labute approximate surface area is 93.6 Å². The highest BCUT2D eigenvalue weighted by atomic mass is 32.2. The van der Waals surface area contributed by atoms with Gasteiger partial charge in [-0.2, -0.15) is 0 Å². The lowest BCUT2D eigenvalue weighted by atomic mass is 10.1. The molecule has 0 bridgehead atoms. The molecule has 1 aliphatic rings. The minimum atomic E-state index is -3.90. The van der Waals surface area contributed by atoms with Gasteiger partial charge in [-0.3, -0.25) is 4.79 Å². The molecule has 0 aromatic heterocycles. The maximum Gasteiger partial charge on any atom is 0.275 e. The van der Waals surface area contributed by atoms with Crippen molar-refractivity contribution < 1.29 is 13.2 Å². The van der Waals surface area contributed by atoms with E-state index in [2.05, 4.69) is 5.32 Å². The number of carbonyl (C=O) groups excluding carboxylic acids is 1. The van der Waals surface area contributed by atoms with Crippen molar-refractivity contribution in [1.29, 1.82) is 0 Å². The first kappa shape index (κ1) is 10.9. The largest absolute Gasteiger partial charge is 0.399 e. The Kier molecular flexibility index (Phi) is 2.03. The van der Waals surface area contributed by atoms with E-state index in [0.29, 0.717) is 11.4 Å². The highest BCUT2D eigenvalue weighted by Crippen LogP contribution is 2.34. The van der Waals surface area contributed by atoms with Gasteiger partial charge in [-0.1, -0.05) is 0 Å². The summed E-state index contributed by atoms with van der Waals surface area (Å²) in [6.45, 7) is 3.05. The molecule has 86 valence electrons. The van der Waals surface area contributed by atoms with Crippen molar-refractivity contribution in [2.45, 2.75) is 24.3 Å². The molecule has 1 aromatic carbocycles. The highest BCUT2D eigenvalue weighted by molar-refractivity contribution is 8.06. The molecular weight excluding hydrogens is 228 g/mol. The third kappa shape index (κ3) is 1.37. The van der Waals surface area contributed by atoms with Crippen molar-refractivity contribution in [2.75, 3.05) is 11.1 Å². The van der Waals surface area contributed by atoms with Gasteiger partial charge in [0, 0.05) is 5.69 Å². The number of sulfone groups is 1. The molecule has 6 heteroatoms. The van der Waals surface area contributed by atoms with Gasteiger partial charge in [0.1, 0.15) is 5.54 Å². The molecule has 0 amide bonds. The summed E-state index contributed by atoms with van der Waals surface area (Å²) < 4.78 is 23.8. The predicted molar refractivity (Wildman–Crippen MR) is 60.7 cm³/mol. The third-order valence-corrected chi connectivity index (χ3v) is 4.43. The molecule has 5 nitrogen and oxygen atoms in total. The van der Waals surface area contributed by atoms with E-state index in [-0.39, 0.29) is 4.90 Å². The highest BCUT2D eigenvalue weighted by Gasteiger charge is 2.44. The molecule has 0 saturated carbocycles. The van der Waals surface area contributed by atoms with E-state index < -0.39 is 20.5 Å². The van der Waals surface area contributed by atoms with E-state index in [1.165, 1.54) is 32.0 Å². The van der Waals surface area contributed by atoms with Gasteiger partial charge in [0.15, 0.2) is 0 Å². The summed E-state index contributed by atoms with van der Waals surface area (Å²) in [5, 5.41) is 2.05. The summed E-state index contributed by atoms with van der Waals surface area (Å²) in [4.78, 5) is 11.7. The van der Waals surface area contributed by atoms with E-state index in [0.717, 1.165) is 0 Å². The molecule has 1 heterocycles. The molecular formula is C10H12N2O3S. The van der Waals surface area contributed by atoms with E-state index in [1.807, 2.05) is 0 Å². The number of nitrogens with two attached hydrogens (primary N) is 1. The van der Waals surface area contributed by atoms with Crippen molar-refractivity contribution in [3.05, 3.63) is 18.2 Å². The number of anilines is 2. The van der Waals surface area contributed by atoms with E-state index >= 15 is 0 Å². The molecule has 0 saturated heterocycles. The fourth-order valence-electron chi connectivity index (χ4n) is 1.70. The van der Waals surface area contributed by atoms with Crippen LogP contribution < -0.4 is 11.1 Å². The number of nitrogens with one attached hydrogen (secondary N) is 1. The molecule has 0 fully saturated rings. The van der Waals surface area contributed by atoms with Crippen LogP contribution in [0.5, 0.6) is 0 Å². The maximum absolute atomic E-state index is 11.9. The quantitative estimate of drug-likeness (QED) is 0.654. The first-order valence-corrected chi connectivity index (χ1v) is 6.21. The van der Waals surface area contributed by atoms with Gasteiger partial charge in [0.05, 0.1) is 10.6 Å². The van der Waals surface area contributed by atoms with Crippen LogP contribution in [-0.4, -0.2) is 19.1 Å². The van der Waals surface area contributed by atoms with Crippen LogP contribution in [0.15, 0.2) is 23.1 Å². The van der Waals surface area contributed by atoms with Gasteiger partial charge < -0.3 is 11.1 Å². The zero-order valence-electron chi connectivity index (χ0n) is 8.94. The number of hydrogen-bond donors (Lipinski definition) is 2. The maximum atomic E-state index is 11.9. The number of nitrogen functional groups attached to an aromatic ring is 1. The standard InChI is InChI=1S/C10H12N2O3S/c1-10(2)9(13)16(14,15)8-4-3-6(11)5-7(8)12-10/h3-5,12H,11H2,1-2H3. The summed E-state index contributed by atoms with van der Waals surface area (Å²) >= 11 is 0. The number of hydrogen-bond acceptors (Lipinski definition) is 5. The van der Waals surface area contributed by atoms with Gasteiger partial charge in [0.25, 0.3) is 5.12 Å². The van der Waals surface area contributed by atoms with Gasteiger partial charge in [0.2, 0.25) is 9.84 Å². The molecule has 0 unspecified atom stereocenters. The first-order chi connectivity index (χ1) is 7.25. The summed E-state index contributed by atoms with van der Waals surface area (Å²) in [5.74, 6) is 0. The number of benzene rings is 1. The molecule has 1 aliphatic heterocycles. The SMILES string of the molecule is CC1(C)Nc2cc(N)ccc2S(=O)(=O)C1=O. The Bertz CT molecular complexity index is 576. The van der Waals surface area contributed by atoms with Crippen molar-refractivity contribution in [2.24, 2.45) is 0 Å². The lowest BCUT2D eigenvalue weighted by molar-refractivity contribution is -0.114. The minimum Gasteiger partial charge on any atom is -0.399 e. The summed E-state index contributed by atoms with van der Waals surface area (Å²) in [6, 6.07) is 4.32. The van der Waals surface area contributed by atoms with Crippen LogP contribution in [0.2, 0.25) is 0 Å². The fourth-order valence-corrected chi connectivity index (χ4v) is 3.27. The predicted octanol–water partition coefficient (Wildman–Crippen LogP) is 0.773. The number of rotatable bonds is 0. The Morgan fingerprint density at radius 2 is 1.94 bits per heavy atom. The van der Waals surface area contributed by atoms with E-state index in [9.17, 15) is 13.2 Å². The second kappa shape index (κ2) is 2.98. The lowest BCUT2D eigenvalue weighted by Crippen LogP contribution is -2.48. The van der Waals surface area contributed by atoms with E-state index in [4.69, 9.17) is 5.73 Å². The van der Waals surface area contributed by atoms with Crippen LogP contribution in [-0.2, 0) is 14.6 Å². The number of fused-ring (bicyclic) bond motifs is 1. The Balaban J connectivity index is 2.76. The monoisotopic (exact) mass is 240 g/mol. The second-order valence-electron chi connectivity index (χ2n) is 4.30. The van der Waals surface area contributed by atoms with Crippen LogP contribution in [0, 0.1) is 0 Å². The molecule has 0 radical (unpaired) electrons. The Morgan fingerprint density at radius 1 is 1.31 bits per heavy atom. The van der Waals surface area contributed by atoms with Crippen LogP contribution in [0.4, 0.5) is 11.4 Å². The zero-order chi connectivity index (χ0) is 12.1. The summed E-state index contributed by atoms with van der Waals surface area (Å²) in [7, 11) is -3.90. The van der Waals surface area contributed by atoms with Crippen LogP contribution in [0.1, 0.15) is 13.8 Å². The third-order valence-electron chi connectivity index (χ3n) is 2.49. The van der Waals surface area contributed by atoms with Crippen molar-refractivity contribution >= 4 is 26.3 Å². The molecule has 1 aromatic rings. The van der Waals surface area contributed by atoms with Gasteiger partial charge >= 0.3 is 0 Å².